The maximum atomic E-state index is 14.0. The number of nitrogens with zero attached hydrogens (tertiary/aromatic N) is 3. The largest absolute Gasteiger partial charge is 0.493 e. The van der Waals surface area contributed by atoms with Crippen LogP contribution in [0.15, 0.2) is 59.6 Å². The standard InChI is InChI=1S/C26H21F6N5O4S/c1-2-41-21-10-14(6-9-19(21)25(27,28)29)20-12-22(26(30,31)32)37-23(35-20)18(13-33-37)24(38)34-16-4-3-5-17(11-16)42(39,40)36-15-7-8-15/h3-6,9-13,15,36H,2,7-8H2,1H3,(H,34,38). The highest BCUT2D eigenvalue weighted by Crippen LogP contribution is 2.39. The Balaban J connectivity index is 1.55. The van der Waals surface area contributed by atoms with Crippen molar-refractivity contribution in [2.24, 2.45) is 0 Å². The van der Waals surface area contributed by atoms with Gasteiger partial charge in [0.2, 0.25) is 10.0 Å². The molecule has 2 heterocycles. The lowest BCUT2D eigenvalue weighted by molar-refractivity contribution is -0.142. The first-order valence-corrected chi connectivity index (χ1v) is 13.9. The highest BCUT2D eigenvalue weighted by Gasteiger charge is 2.37. The molecule has 16 heteroatoms. The van der Waals surface area contributed by atoms with Crippen LogP contribution >= 0.6 is 0 Å². The molecule has 0 unspecified atom stereocenters. The van der Waals surface area contributed by atoms with Gasteiger partial charge in [0.15, 0.2) is 11.3 Å². The number of anilines is 1. The van der Waals surface area contributed by atoms with Crippen LogP contribution in [0.25, 0.3) is 16.9 Å². The number of alkyl halides is 6. The Labute approximate surface area is 234 Å². The third-order valence-electron chi connectivity index (χ3n) is 6.19. The maximum Gasteiger partial charge on any atom is 0.433 e. The number of fused-ring (bicyclic) bond motifs is 1. The molecule has 1 saturated carbocycles. The van der Waals surface area contributed by atoms with Gasteiger partial charge in [-0.2, -0.15) is 31.4 Å². The molecule has 1 fully saturated rings. The highest BCUT2D eigenvalue weighted by atomic mass is 32.2. The van der Waals surface area contributed by atoms with Gasteiger partial charge in [0, 0.05) is 17.3 Å². The number of carbonyl (C=O) groups is 1. The van der Waals surface area contributed by atoms with Gasteiger partial charge in [0.05, 0.1) is 29.0 Å². The number of aromatic nitrogens is 3. The highest BCUT2D eigenvalue weighted by molar-refractivity contribution is 7.89. The second-order valence-electron chi connectivity index (χ2n) is 9.34. The Morgan fingerprint density at radius 2 is 1.79 bits per heavy atom. The summed E-state index contributed by atoms with van der Waals surface area (Å²) in [5, 5.41) is 6.10. The number of rotatable bonds is 8. The summed E-state index contributed by atoms with van der Waals surface area (Å²) in [5.41, 5.74) is -3.87. The van der Waals surface area contributed by atoms with Crippen LogP contribution < -0.4 is 14.8 Å². The summed E-state index contributed by atoms with van der Waals surface area (Å²) in [6.07, 6.45) is -7.50. The molecular formula is C26H21F6N5O4S. The lowest BCUT2D eigenvalue weighted by atomic mass is 10.1. The van der Waals surface area contributed by atoms with E-state index in [1.54, 1.807) is 0 Å². The zero-order valence-corrected chi connectivity index (χ0v) is 22.4. The van der Waals surface area contributed by atoms with Crippen molar-refractivity contribution in [3.05, 3.63) is 71.5 Å². The van der Waals surface area contributed by atoms with Crippen molar-refractivity contribution in [3.8, 4) is 17.0 Å². The van der Waals surface area contributed by atoms with E-state index in [-0.39, 0.29) is 28.8 Å². The zero-order chi connectivity index (χ0) is 30.4. The number of hydrogen-bond acceptors (Lipinski definition) is 6. The van der Waals surface area contributed by atoms with Crippen molar-refractivity contribution < 1.29 is 44.3 Å². The van der Waals surface area contributed by atoms with Crippen molar-refractivity contribution in [1.82, 2.24) is 19.3 Å². The minimum absolute atomic E-state index is 0.0364. The fourth-order valence-electron chi connectivity index (χ4n) is 4.09. The minimum atomic E-state index is -4.98. The Bertz CT molecular complexity index is 1780. The van der Waals surface area contributed by atoms with E-state index < -0.39 is 62.2 Å². The van der Waals surface area contributed by atoms with Gasteiger partial charge >= 0.3 is 12.4 Å². The molecule has 42 heavy (non-hydrogen) atoms. The predicted molar refractivity (Wildman–Crippen MR) is 137 cm³/mol. The van der Waals surface area contributed by atoms with Gasteiger partial charge in [-0.25, -0.2) is 22.6 Å². The van der Waals surface area contributed by atoms with E-state index in [4.69, 9.17) is 4.74 Å². The lowest BCUT2D eigenvalue weighted by Crippen LogP contribution is -2.25. The SMILES string of the molecule is CCOc1cc(-c2cc(C(F)(F)F)n3ncc(C(=O)Nc4cccc(S(=O)(=O)NC5CC5)c4)c3n2)ccc1C(F)(F)F. The van der Waals surface area contributed by atoms with Crippen LogP contribution in [0, 0.1) is 0 Å². The fourth-order valence-corrected chi connectivity index (χ4v) is 5.44. The number of nitrogens with one attached hydrogen (secondary N) is 2. The molecule has 5 rings (SSSR count). The Morgan fingerprint density at radius 3 is 2.43 bits per heavy atom. The molecule has 0 saturated heterocycles. The van der Waals surface area contributed by atoms with Gasteiger partial charge in [-0.15, -0.1) is 0 Å². The van der Waals surface area contributed by atoms with Crippen LogP contribution in [0.1, 0.15) is 41.4 Å². The van der Waals surface area contributed by atoms with E-state index in [1.807, 2.05) is 0 Å². The number of sulfonamides is 1. The van der Waals surface area contributed by atoms with Gasteiger partial charge in [-0.1, -0.05) is 12.1 Å². The van der Waals surface area contributed by atoms with Crippen LogP contribution in [0.4, 0.5) is 32.0 Å². The van der Waals surface area contributed by atoms with Crippen molar-refractivity contribution in [2.45, 2.75) is 43.1 Å². The summed E-state index contributed by atoms with van der Waals surface area (Å²) in [7, 11) is -3.86. The van der Waals surface area contributed by atoms with Gasteiger partial charge < -0.3 is 10.1 Å². The number of ether oxygens (including phenoxy) is 1. The molecule has 4 aromatic rings. The summed E-state index contributed by atoms with van der Waals surface area (Å²) in [6.45, 7) is 1.31. The lowest BCUT2D eigenvalue weighted by Gasteiger charge is -2.15. The molecule has 1 aliphatic rings. The molecule has 2 aromatic carbocycles. The first-order chi connectivity index (χ1) is 19.7. The first kappa shape index (κ1) is 29.3. The van der Waals surface area contributed by atoms with E-state index in [0.29, 0.717) is 29.5 Å². The van der Waals surface area contributed by atoms with E-state index in [9.17, 15) is 39.6 Å². The number of carbonyl (C=O) groups excluding carboxylic acids is 1. The van der Waals surface area contributed by atoms with Crippen LogP contribution in [-0.4, -0.2) is 41.6 Å². The summed E-state index contributed by atoms with van der Waals surface area (Å²) in [6, 6.07) is 8.24. The summed E-state index contributed by atoms with van der Waals surface area (Å²) in [5.74, 6) is -1.55. The fraction of sp³-hybridized carbons (Fsp3) is 0.269. The molecule has 9 nitrogen and oxygen atoms in total. The zero-order valence-electron chi connectivity index (χ0n) is 21.5. The molecule has 222 valence electrons. The average molecular weight is 614 g/mol. The molecule has 2 N–H and O–H groups in total. The predicted octanol–water partition coefficient (Wildman–Crippen LogP) is 5.53. The van der Waals surface area contributed by atoms with Crippen molar-refractivity contribution in [3.63, 3.8) is 0 Å². The van der Waals surface area contributed by atoms with Crippen molar-refractivity contribution >= 4 is 27.3 Å². The van der Waals surface area contributed by atoms with Crippen molar-refractivity contribution in [1.29, 1.82) is 0 Å². The molecule has 0 aliphatic heterocycles. The number of hydrogen-bond donors (Lipinski definition) is 2. The summed E-state index contributed by atoms with van der Waals surface area (Å²) >= 11 is 0. The smallest absolute Gasteiger partial charge is 0.433 e. The molecule has 1 aliphatic carbocycles. The van der Waals surface area contributed by atoms with Crippen molar-refractivity contribution in [2.75, 3.05) is 11.9 Å². The van der Waals surface area contributed by atoms with E-state index in [2.05, 4.69) is 20.1 Å². The number of amides is 1. The third kappa shape index (κ3) is 6.04. The van der Waals surface area contributed by atoms with Crippen LogP contribution in [0.3, 0.4) is 0 Å². The summed E-state index contributed by atoms with van der Waals surface area (Å²) in [4.78, 5) is 17.1. The van der Waals surface area contributed by atoms with Crippen LogP contribution in [-0.2, 0) is 22.4 Å². The first-order valence-electron chi connectivity index (χ1n) is 12.4. The molecule has 2 aromatic heterocycles. The molecular weight excluding hydrogens is 592 g/mol. The molecule has 0 atom stereocenters. The van der Waals surface area contributed by atoms with Gasteiger partial charge in [-0.3, -0.25) is 4.79 Å². The minimum Gasteiger partial charge on any atom is -0.493 e. The second kappa shape index (κ2) is 10.6. The average Bonchev–Trinajstić information content (AvgIpc) is 3.60. The van der Waals surface area contributed by atoms with E-state index in [0.717, 1.165) is 18.3 Å². The topological polar surface area (TPSA) is 115 Å². The number of halogens is 6. The molecule has 0 radical (unpaired) electrons. The molecule has 0 spiro atoms. The maximum absolute atomic E-state index is 14.0. The van der Waals surface area contributed by atoms with Crippen LogP contribution in [0.5, 0.6) is 5.75 Å². The summed E-state index contributed by atoms with van der Waals surface area (Å²) < 4.78 is 115. The normalized spacial score (nSPS) is 14.3. The third-order valence-corrected chi connectivity index (χ3v) is 7.71. The van der Waals surface area contributed by atoms with Gasteiger partial charge in [0.25, 0.3) is 5.91 Å². The van der Waals surface area contributed by atoms with E-state index >= 15 is 0 Å². The van der Waals surface area contributed by atoms with Gasteiger partial charge in [-0.05, 0) is 56.2 Å². The van der Waals surface area contributed by atoms with Crippen LogP contribution in [0.2, 0.25) is 0 Å². The van der Waals surface area contributed by atoms with Gasteiger partial charge in [0.1, 0.15) is 11.3 Å². The monoisotopic (exact) mass is 613 g/mol. The molecule has 0 bridgehead atoms. The Kier molecular flexibility index (Phi) is 7.39. The number of benzene rings is 2. The van der Waals surface area contributed by atoms with E-state index in [1.165, 1.54) is 31.2 Å². The quantitative estimate of drug-likeness (QED) is 0.253. The second-order valence-corrected chi connectivity index (χ2v) is 11.1. The molecule has 1 amide bonds. The Morgan fingerprint density at radius 1 is 1.05 bits per heavy atom. The Hall–Kier alpha value is -4.18.